The number of hydrogen-bond acceptors (Lipinski definition) is 6. The van der Waals surface area contributed by atoms with E-state index in [1.807, 2.05) is 0 Å². The van der Waals surface area contributed by atoms with Crippen LogP contribution < -0.4 is 14.8 Å². The Morgan fingerprint density at radius 2 is 1.90 bits per heavy atom. The van der Waals surface area contributed by atoms with Crippen LogP contribution >= 0.6 is 0 Å². The Hall–Kier alpha value is -4.24. The van der Waals surface area contributed by atoms with Crippen LogP contribution in [0.2, 0.25) is 0 Å². The van der Waals surface area contributed by atoms with Crippen LogP contribution in [0.1, 0.15) is 31.4 Å². The molecule has 0 spiro atoms. The van der Waals surface area contributed by atoms with Gasteiger partial charge in [0, 0.05) is 63.2 Å². The third kappa shape index (κ3) is 6.31. The van der Waals surface area contributed by atoms with Crippen LogP contribution in [-0.2, 0) is 18.4 Å². The zero-order valence-corrected chi connectivity index (χ0v) is 21.3. The Morgan fingerprint density at radius 3 is 2.50 bits per heavy atom. The van der Waals surface area contributed by atoms with Crippen LogP contribution in [0.25, 0.3) is 33.4 Å². The van der Waals surface area contributed by atoms with Gasteiger partial charge in [-0.05, 0) is 12.1 Å². The average Bonchev–Trinajstić information content (AvgIpc) is 3.24. The molecule has 0 unspecified atom stereocenters. The molecular formula is C24H25F6N7O3. The summed E-state index contributed by atoms with van der Waals surface area (Å²) in [5.74, 6) is -2.39. The van der Waals surface area contributed by atoms with Crippen molar-refractivity contribution in [3.8, 4) is 34.1 Å². The number of amides is 1. The van der Waals surface area contributed by atoms with E-state index in [2.05, 4.69) is 30.2 Å². The van der Waals surface area contributed by atoms with Gasteiger partial charge in [-0.2, -0.15) is 13.9 Å². The van der Waals surface area contributed by atoms with Crippen molar-refractivity contribution in [2.45, 2.75) is 44.8 Å². The number of hydrogen-bond donors (Lipinski definition) is 2. The second kappa shape index (κ2) is 11.9. The molecule has 2 N–H and O–H groups in total. The van der Waals surface area contributed by atoms with Gasteiger partial charge in [0.05, 0.1) is 23.4 Å². The number of carbonyl (C=O) groups excluding carboxylic acids is 1. The van der Waals surface area contributed by atoms with Gasteiger partial charge in [-0.3, -0.25) is 9.48 Å². The molecule has 5 heterocycles. The summed E-state index contributed by atoms with van der Waals surface area (Å²) in [6.07, 6.45) is 1.63. The van der Waals surface area contributed by atoms with Gasteiger partial charge in [-0.1, -0.05) is 0 Å². The molecule has 0 aromatic carbocycles. The van der Waals surface area contributed by atoms with Crippen LogP contribution in [0, 0.1) is 0 Å². The number of pyridine rings is 1. The fraction of sp³-hybridized carbons (Fsp3) is 0.417. The smallest absolute Gasteiger partial charge is 0.388 e. The Balaban J connectivity index is 0.000000354. The van der Waals surface area contributed by atoms with Crippen molar-refractivity contribution in [1.82, 2.24) is 34.8 Å². The van der Waals surface area contributed by atoms with Crippen LogP contribution in [0.4, 0.5) is 26.3 Å². The predicted molar refractivity (Wildman–Crippen MR) is 131 cm³/mol. The summed E-state index contributed by atoms with van der Waals surface area (Å²) >= 11 is 0. The van der Waals surface area contributed by atoms with E-state index < -0.39 is 24.7 Å². The molecule has 1 amide bonds. The molecule has 40 heavy (non-hydrogen) atoms. The van der Waals surface area contributed by atoms with Gasteiger partial charge in [0.15, 0.2) is 0 Å². The number of aryl methyl sites for hydroxylation is 2. The summed E-state index contributed by atoms with van der Waals surface area (Å²) in [4.78, 5) is 16.4. The molecule has 4 aromatic rings. The van der Waals surface area contributed by atoms with Crippen LogP contribution in [-0.4, -0.2) is 62.1 Å². The number of ether oxygens (including phenoxy) is 2. The lowest BCUT2D eigenvalue weighted by atomic mass is 10.0. The maximum absolute atomic E-state index is 13.9. The normalized spacial score (nSPS) is 14.9. The molecule has 0 saturated heterocycles. The number of carbonyl (C=O) groups is 1. The molecule has 6 rings (SSSR count). The van der Waals surface area contributed by atoms with E-state index in [1.165, 1.54) is 21.8 Å². The highest BCUT2D eigenvalue weighted by Crippen LogP contribution is 2.47. The average molecular weight is 573 g/mol. The van der Waals surface area contributed by atoms with Crippen molar-refractivity contribution in [3.63, 3.8) is 0 Å². The van der Waals surface area contributed by atoms with E-state index >= 15 is 0 Å². The molecule has 2 aliphatic rings. The summed E-state index contributed by atoms with van der Waals surface area (Å²) in [7, 11) is 3.11. The van der Waals surface area contributed by atoms with Gasteiger partial charge in [-0.15, -0.1) is 5.10 Å². The molecule has 10 nitrogen and oxygen atoms in total. The molecule has 1 fully saturated rings. The van der Waals surface area contributed by atoms with E-state index in [9.17, 15) is 26.3 Å². The highest BCUT2D eigenvalue weighted by molar-refractivity contribution is 6.04. The summed E-state index contributed by atoms with van der Waals surface area (Å²) in [5, 5.41) is 10.8. The van der Waals surface area contributed by atoms with Crippen molar-refractivity contribution in [3.05, 3.63) is 30.2 Å². The maximum atomic E-state index is 13.9. The number of nitrogens with one attached hydrogen (secondary N) is 2. The predicted octanol–water partition coefficient (Wildman–Crippen LogP) is 4.93. The van der Waals surface area contributed by atoms with E-state index in [4.69, 9.17) is 9.53 Å². The number of halogens is 6. The quantitative estimate of drug-likeness (QED) is 0.250. The summed E-state index contributed by atoms with van der Waals surface area (Å²) in [5.41, 5.74) is 0.751. The third-order valence-electron chi connectivity index (χ3n) is 5.72. The van der Waals surface area contributed by atoms with Crippen molar-refractivity contribution in [1.29, 1.82) is 0 Å². The Labute approximate surface area is 223 Å². The van der Waals surface area contributed by atoms with Gasteiger partial charge < -0.3 is 19.8 Å². The Morgan fingerprint density at radius 1 is 1.20 bits per heavy atom. The van der Waals surface area contributed by atoms with Gasteiger partial charge in [0.25, 0.3) is 6.43 Å². The van der Waals surface area contributed by atoms with Gasteiger partial charge in [-0.25, -0.2) is 27.2 Å². The monoisotopic (exact) mass is 573 g/mol. The molecule has 4 aromatic heterocycles. The lowest BCUT2D eigenvalue weighted by molar-refractivity contribution is -0.109. The van der Waals surface area contributed by atoms with Gasteiger partial charge in [0.2, 0.25) is 24.1 Å². The van der Waals surface area contributed by atoms with E-state index in [-0.39, 0.29) is 41.4 Å². The number of aromatic nitrogens is 6. The van der Waals surface area contributed by atoms with Crippen molar-refractivity contribution >= 4 is 17.4 Å². The number of alkyl halides is 6. The molecule has 0 radical (unpaired) electrons. The second-order valence-corrected chi connectivity index (χ2v) is 8.73. The lowest BCUT2D eigenvalue weighted by Crippen LogP contribution is -2.15. The van der Waals surface area contributed by atoms with Crippen LogP contribution in [0.15, 0.2) is 24.5 Å². The minimum atomic E-state index is -3.11. The zero-order valence-electron chi connectivity index (χ0n) is 21.3. The van der Waals surface area contributed by atoms with E-state index in [0.29, 0.717) is 42.6 Å². The number of rotatable bonds is 6. The SMILES string of the molecule is CNC=O.Cn1cc(-c2c(-c3c(C(F)F)nn4c3OCCC4)[nH]c3ncccc23)c(OC(F)F)n1.FC1(F)CC1. The number of nitrogens with zero attached hydrogens (tertiary/aromatic N) is 5. The maximum Gasteiger partial charge on any atom is 0.388 e. The zero-order chi connectivity index (χ0) is 29.0. The summed E-state index contributed by atoms with van der Waals surface area (Å²) in [6.45, 7) is -2.33. The van der Waals surface area contributed by atoms with Crippen molar-refractivity contribution in [2.75, 3.05) is 13.7 Å². The third-order valence-corrected chi connectivity index (χ3v) is 5.72. The fourth-order valence-electron chi connectivity index (χ4n) is 3.93. The van der Waals surface area contributed by atoms with Crippen molar-refractivity contribution < 1.29 is 40.6 Å². The molecule has 0 bridgehead atoms. The first-order valence-corrected chi connectivity index (χ1v) is 12.0. The molecule has 216 valence electrons. The number of H-pyrrole nitrogens is 1. The van der Waals surface area contributed by atoms with E-state index in [0.717, 1.165) is 0 Å². The summed E-state index contributed by atoms with van der Waals surface area (Å²) < 4.78 is 89.2. The van der Waals surface area contributed by atoms with Crippen molar-refractivity contribution in [2.24, 2.45) is 7.05 Å². The minimum Gasteiger partial charge on any atom is -0.477 e. The molecule has 1 aliphatic carbocycles. The molecule has 1 aliphatic heterocycles. The Kier molecular flexibility index (Phi) is 8.54. The lowest BCUT2D eigenvalue weighted by Gasteiger charge is -2.16. The van der Waals surface area contributed by atoms with Gasteiger partial charge >= 0.3 is 6.61 Å². The first-order valence-electron chi connectivity index (χ1n) is 12.0. The van der Waals surface area contributed by atoms with Crippen LogP contribution in [0.5, 0.6) is 11.8 Å². The summed E-state index contributed by atoms with van der Waals surface area (Å²) in [6, 6.07) is 3.36. The standard InChI is InChI=1S/C19H16F4N6O2.C3H4F2.C2H5NO/c1-28-8-10(17(27-28)31-19(22)23)11-9-4-2-5-24-16(9)25-13(11)12-14(15(20)21)26-29-6-3-7-30-18(12)29;4-3(5)1-2-3;1-3-2-4/h2,4-5,8,15,19H,3,6-7H2,1H3,(H,24,25);1-2H2;2H,1H3,(H,3,4). The highest BCUT2D eigenvalue weighted by Gasteiger charge is 2.43. The topological polar surface area (TPSA) is 112 Å². The second-order valence-electron chi connectivity index (χ2n) is 8.73. The number of fused-ring (bicyclic) bond motifs is 2. The van der Waals surface area contributed by atoms with E-state index in [1.54, 1.807) is 26.2 Å². The molecular weight excluding hydrogens is 548 g/mol. The minimum absolute atomic E-state index is 0.0644. The van der Waals surface area contributed by atoms with Gasteiger partial charge in [0.1, 0.15) is 11.3 Å². The fourth-order valence-corrected chi connectivity index (χ4v) is 3.93. The first-order chi connectivity index (χ1) is 19.1. The first kappa shape index (κ1) is 28.8. The molecule has 16 heteroatoms. The molecule has 0 atom stereocenters. The highest BCUT2D eigenvalue weighted by atomic mass is 19.3. The van der Waals surface area contributed by atoms with Crippen LogP contribution in [0.3, 0.4) is 0 Å². The number of aromatic amines is 1. The Bertz CT molecular complexity index is 1460. The molecule has 1 saturated carbocycles. The largest absolute Gasteiger partial charge is 0.477 e.